The largest absolute Gasteiger partial charge is 0.296 e. The van der Waals surface area contributed by atoms with E-state index >= 15 is 0 Å². The molecular formula is C23H31N3O4S2. The van der Waals surface area contributed by atoms with Crippen LogP contribution in [0, 0.1) is 6.92 Å². The van der Waals surface area contributed by atoms with Gasteiger partial charge in [-0.2, -0.15) is 4.31 Å². The summed E-state index contributed by atoms with van der Waals surface area (Å²) in [7, 11) is -7.18. The maximum Gasteiger partial charge on any atom is 0.243 e. The highest BCUT2D eigenvalue weighted by atomic mass is 32.2. The van der Waals surface area contributed by atoms with Crippen molar-refractivity contribution in [2.24, 2.45) is 0 Å². The fourth-order valence-corrected chi connectivity index (χ4v) is 7.18. The molecule has 2 aliphatic rings. The number of piperidine rings is 1. The van der Waals surface area contributed by atoms with Crippen molar-refractivity contribution in [1.29, 1.82) is 0 Å². The lowest BCUT2D eigenvalue weighted by Gasteiger charge is -2.46. The van der Waals surface area contributed by atoms with Gasteiger partial charge in [0.05, 0.1) is 11.2 Å². The Bertz CT molecular complexity index is 1180. The van der Waals surface area contributed by atoms with E-state index in [0.29, 0.717) is 6.42 Å². The van der Waals surface area contributed by atoms with Crippen LogP contribution in [0.3, 0.4) is 0 Å². The molecule has 7 nitrogen and oxygen atoms in total. The van der Waals surface area contributed by atoms with Gasteiger partial charge in [-0.25, -0.2) is 21.6 Å². The Kier molecular flexibility index (Phi) is 6.74. The molecule has 2 aromatic carbocycles. The van der Waals surface area contributed by atoms with Gasteiger partial charge in [-0.3, -0.25) is 4.90 Å². The van der Waals surface area contributed by atoms with E-state index in [-0.39, 0.29) is 30.1 Å². The van der Waals surface area contributed by atoms with Gasteiger partial charge in [-0.15, -0.1) is 0 Å². The first-order valence-corrected chi connectivity index (χ1v) is 14.3. The minimum absolute atomic E-state index is 0.0470. The number of rotatable bonds is 7. The Morgan fingerprint density at radius 2 is 1.84 bits per heavy atom. The van der Waals surface area contributed by atoms with Crippen molar-refractivity contribution in [1.82, 2.24) is 13.9 Å². The van der Waals surface area contributed by atoms with Crippen molar-refractivity contribution in [3.8, 4) is 0 Å². The van der Waals surface area contributed by atoms with E-state index in [4.69, 9.17) is 0 Å². The highest BCUT2D eigenvalue weighted by molar-refractivity contribution is 7.89. The molecule has 0 saturated carbocycles. The lowest BCUT2D eigenvalue weighted by molar-refractivity contribution is 0.0911. The summed E-state index contributed by atoms with van der Waals surface area (Å²) in [6, 6.07) is 15.3. The zero-order valence-electron chi connectivity index (χ0n) is 18.6. The predicted molar refractivity (Wildman–Crippen MR) is 125 cm³/mol. The van der Waals surface area contributed by atoms with Crippen molar-refractivity contribution in [3.05, 3.63) is 65.2 Å². The normalized spacial score (nSPS) is 21.8. The Hall–Kier alpha value is -1.78. The molecule has 1 N–H and O–H groups in total. The van der Waals surface area contributed by atoms with Gasteiger partial charge >= 0.3 is 0 Å². The van der Waals surface area contributed by atoms with Crippen LogP contribution in [0.4, 0.5) is 0 Å². The zero-order chi connectivity index (χ0) is 22.9. The summed E-state index contributed by atoms with van der Waals surface area (Å²) in [6.45, 7) is 3.82. The molecule has 1 saturated heterocycles. The van der Waals surface area contributed by atoms with E-state index < -0.39 is 20.0 Å². The van der Waals surface area contributed by atoms with Gasteiger partial charge in [0.25, 0.3) is 0 Å². The summed E-state index contributed by atoms with van der Waals surface area (Å²) in [5.74, 6) is 0. The van der Waals surface area contributed by atoms with Gasteiger partial charge < -0.3 is 0 Å². The van der Waals surface area contributed by atoms with Crippen LogP contribution in [-0.2, 0) is 26.5 Å². The number of nitrogens with one attached hydrogen (secondary N) is 1. The predicted octanol–water partition coefficient (Wildman–Crippen LogP) is 2.30. The van der Waals surface area contributed by atoms with E-state index in [1.54, 1.807) is 18.2 Å². The monoisotopic (exact) mass is 477 g/mol. The third kappa shape index (κ3) is 5.07. The van der Waals surface area contributed by atoms with Crippen molar-refractivity contribution in [2.75, 3.05) is 32.4 Å². The molecule has 0 spiro atoms. The Morgan fingerprint density at radius 3 is 2.59 bits per heavy atom. The minimum Gasteiger partial charge on any atom is -0.296 e. The first kappa shape index (κ1) is 23.4. The maximum atomic E-state index is 13.7. The fourth-order valence-electron chi connectivity index (χ4n) is 4.95. The van der Waals surface area contributed by atoms with Gasteiger partial charge in [0.1, 0.15) is 0 Å². The first-order chi connectivity index (χ1) is 15.1. The molecule has 32 heavy (non-hydrogen) atoms. The molecule has 174 valence electrons. The molecule has 0 aromatic heterocycles. The number of hydrogen-bond donors (Lipinski definition) is 1. The summed E-state index contributed by atoms with van der Waals surface area (Å²) in [5.41, 5.74) is 3.49. The molecule has 2 heterocycles. The maximum absolute atomic E-state index is 13.7. The summed E-state index contributed by atoms with van der Waals surface area (Å²) in [4.78, 5) is 2.70. The number of aryl methyl sites for hydroxylation is 1. The average molecular weight is 478 g/mol. The van der Waals surface area contributed by atoms with E-state index in [0.717, 1.165) is 37.8 Å². The topological polar surface area (TPSA) is 86.8 Å². The average Bonchev–Trinajstić information content (AvgIpc) is 2.75. The minimum atomic E-state index is -3.78. The van der Waals surface area contributed by atoms with E-state index in [9.17, 15) is 16.8 Å². The van der Waals surface area contributed by atoms with Crippen LogP contribution in [0.25, 0.3) is 0 Å². The van der Waals surface area contributed by atoms with Gasteiger partial charge in [0.2, 0.25) is 20.0 Å². The van der Waals surface area contributed by atoms with E-state index in [1.807, 2.05) is 19.1 Å². The quantitative estimate of drug-likeness (QED) is 0.661. The second kappa shape index (κ2) is 9.23. The van der Waals surface area contributed by atoms with Crippen LogP contribution >= 0.6 is 0 Å². The number of nitrogens with zero attached hydrogens (tertiary/aromatic N) is 2. The molecule has 0 unspecified atom stereocenters. The smallest absolute Gasteiger partial charge is 0.243 e. The molecule has 0 amide bonds. The van der Waals surface area contributed by atoms with Crippen LogP contribution in [0.1, 0.15) is 35.6 Å². The second-order valence-electron chi connectivity index (χ2n) is 8.78. The van der Waals surface area contributed by atoms with E-state index in [2.05, 4.69) is 27.8 Å². The van der Waals surface area contributed by atoms with Crippen LogP contribution in [0.15, 0.2) is 53.4 Å². The molecule has 2 atom stereocenters. The molecule has 0 radical (unpaired) electrons. The zero-order valence-corrected chi connectivity index (χ0v) is 20.2. The second-order valence-corrected chi connectivity index (χ2v) is 12.5. The number of sulfonamides is 2. The van der Waals surface area contributed by atoms with Crippen LogP contribution in [0.5, 0.6) is 0 Å². The molecule has 0 bridgehead atoms. The third-order valence-corrected chi connectivity index (χ3v) is 9.14. The molecule has 2 aromatic rings. The summed E-state index contributed by atoms with van der Waals surface area (Å²) in [6.07, 6.45) is 3.52. The highest BCUT2D eigenvalue weighted by Gasteiger charge is 2.39. The lowest BCUT2D eigenvalue weighted by Crippen LogP contribution is -2.51. The highest BCUT2D eigenvalue weighted by Crippen LogP contribution is 2.39. The van der Waals surface area contributed by atoms with E-state index in [1.165, 1.54) is 15.4 Å². The number of hydrogen-bond acceptors (Lipinski definition) is 5. The molecule has 4 rings (SSSR count). The van der Waals surface area contributed by atoms with Crippen LogP contribution in [0.2, 0.25) is 0 Å². The van der Waals surface area contributed by atoms with Crippen molar-refractivity contribution in [2.45, 2.75) is 43.2 Å². The summed E-state index contributed by atoms with van der Waals surface area (Å²) >= 11 is 0. The summed E-state index contributed by atoms with van der Waals surface area (Å²) in [5, 5.41) is 0. The molecule has 2 aliphatic heterocycles. The van der Waals surface area contributed by atoms with Gasteiger partial charge in [0, 0.05) is 38.3 Å². The third-order valence-electron chi connectivity index (χ3n) is 6.47. The van der Waals surface area contributed by atoms with Gasteiger partial charge in [0.15, 0.2) is 0 Å². The van der Waals surface area contributed by atoms with Crippen molar-refractivity contribution >= 4 is 20.0 Å². The number of fused-ring (bicyclic) bond motifs is 3. The standard InChI is InChI=1S/C23H31N3O4S2/c1-18-6-5-8-21(16-18)32(29,30)26(15-12-24-31(2,27)28)20-11-14-25-13-10-19-7-3-4-9-22(19)23(25)17-20/h3-9,16,20,23-24H,10-15,17H2,1-2H3/t20-,23+/m1/s1. The molecule has 0 aliphatic carbocycles. The Balaban J connectivity index is 1.64. The van der Waals surface area contributed by atoms with Gasteiger partial charge in [-0.1, -0.05) is 36.4 Å². The summed E-state index contributed by atoms with van der Waals surface area (Å²) < 4.78 is 54.5. The van der Waals surface area contributed by atoms with Crippen LogP contribution in [-0.4, -0.2) is 64.5 Å². The van der Waals surface area contributed by atoms with Crippen molar-refractivity contribution in [3.63, 3.8) is 0 Å². The SMILES string of the molecule is Cc1cccc(S(=O)(=O)N(CCNS(C)(=O)=O)[C@@H]2CCN3CCc4ccccc4[C@@H]3C2)c1. The first-order valence-electron chi connectivity index (χ1n) is 11.0. The Labute approximate surface area is 191 Å². The fraction of sp³-hybridized carbons (Fsp3) is 0.478. The molecule has 1 fully saturated rings. The Morgan fingerprint density at radius 1 is 1.06 bits per heavy atom. The van der Waals surface area contributed by atoms with Crippen LogP contribution < -0.4 is 4.72 Å². The molecule has 9 heteroatoms. The lowest BCUT2D eigenvalue weighted by atomic mass is 9.85. The number of benzene rings is 2. The van der Waals surface area contributed by atoms with Gasteiger partial charge in [-0.05, 0) is 55.0 Å². The van der Waals surface area contributed by atoms with Crippen molar-refractivity contribution < 1.29 is 16.8 Å². The molecular weight excluding hydrogens is 446 g/mol.